The molecule has 14 unspecified atom stereocenters. The van der Waals surface area contributed by atoms with Gasteiger partial charge in [0, 0.05) is 44.1 Å². The number of aliphatic hydroxyl groups is 5. The second kappa shape index (κ2) is 28.5. The Bertz CT molecular complexity index is 1690. The monoisotopic (exact) mass is 1040 g/mol. The van der Waals surface area contributed by atoms with E-state index in [0.29, 0.717) is 12.8 Å². The second-order valence-corrected chi connectivity index (χ2v) is 21.1. The van der Waals surface area contributed by atoms with Crippen LogP contribution in [0.3, 0.4) is 0 Å². The van der Waals surface area contributed by atoms with E-state index in [9.17, 15) is 40.2 Å². The fourth-order valence-corrected chi connectivity index (χ4v) is 11.7. The average Bonchev–Trinajstić information content (AvgIpc) is 3.33. The highest BCUT2D eigenvalue weighted by Gasteiger charge is 2.52. The van der Waals surface area contributed by atoms with E-state index in [1.54, 1.807) is 6.92 Å². The van der Waals surface area contributed by atoms with Crippen LogP contribution in [-0.4, -0.2) is 186 Å². The molecule has 1 amide bonds. The molecule has 5 fully saturated rings. The van der Waals surface area contributed by atoms with Gasteiger partial charge in [0.05, 0.1) is 24.9 Å². The Labute approximate surface area is 417 Å². The molecule has 0 spiro atoms. The van der Waals surface area contributed by atoms with Crippen LogP contribution in [0.1, 0.15) is 109 Å². The number of carbonyl (C=O) groups excluding carboxylic acids is 1. The lowest BCUT2D eigenvalue weighted by Crippen LogP contribution is -2.67. The second-order valence-electron chi connectivity index (χ2n) is 20.3. The largest absolute Gasteiger partial charge is 0.479 e. The smallest absolute Gasteiger partial charge is 0.332 e. The Morgan fingerprint density at radius 1 is 0.841 bits per heavy atom. The number of hydrogen-bond donors (Lipinski definition) is 10. The third-order valence-electron chi connectivity index (χ3n) is 15.0. The number of amides is 1. The summed E-state index contributed by atoms with van der Waals surface area (Å²) in [6.45, 7) is 13.0. The summed E-state index contributed by atoms with van der Waals surface area (Å²) < 4.78 is 33.1. The van der Waals surface area contributed by atoms with Crippen LogP contribution in [0.2, 0.25) is 0 Å². The molecule has 3 saturated heterocycles. The molecule has 15 atom stereocenters. The molecule has 3 aliphatic heterocycles. The van der Waals surface area contributed by atoms with E-state index in [4.69, 9.17) is 23.7 Å². The van der Waals surface area contributed by atoms with Gasteiger partial charge in [-0.15, -0.1) is 0 Å². The van der Waals surface area contributed by atoms with Crippen molar-refractivity contribution in [1.29, 1.82) is 0 Å². The zero-order valence-electron chi connectivity index (χ0n) is 41.1. The van der Waals surface area contributed by atoms with Crippen LogP contribution in [0.15, 0.2) is 22.7 Å². The van der Waals surface area contributed by atoms with Crippen molar-refractivity contribution in [2.75, 3.05) is 59.0 Å². The minimum atomic E-state index is -1.57. The lowest BCUT2D eigenvalue weighted by atomic mass is 9.74. The van der Waals surface area contributed by atoms with Gasteiger partial charge in [0.25, 0.3) is 0 Å². The normalized spacial score (nSPS) is 35.7. The molecule has 2 saturated carbocycles. The Hall–Kier alpha value is -1.92. The fraction of sp³-hybridized carbons (Fsp3) is 0.840. The summed E-state index contributed by atoms with van der Waals surface area (Å²) >= 11 is 3.90. The van der Waals surface area contributed by atoms with Crippen LogP contribution in [-0.2, 0) is 46.2 Å². The van der Waals surface area contributed by atoms with E-state index in [1.807, 2.05) is 6.92 Å². The van der Waals surface area contributed by atoms with Gasteiger partial charge in [0.1, 0.15) is 42.7 Å². The molecule has 3 heterocycles. The lowest BCUT2D eigenvalue weighted by molar-refractivity contribution is -0.339. The summed E-state index contributed by atoms with van der Waals surface area (Å²) in [5.41, 5.74) is 2.41. The molecule has 19 heteroatoms. The molecular formula is C50H84BrN5O13. The predicted molar refractivity (Wildman–Crippen MR) is 261 cm³/mol. The quantitative estimate of drug-likeness (QED) is 0.107. The summed E-state index contributed by atoms with van der Waals surface area (Å²) in [5.74, 6) is -1.60. The van der Waals surface area contributed by atoms with Crippen LogP contribution in [0.5, 0.6) is 0 Å². The molecule has 18 nitrogen and oxygen atoms in total. The first-order valence-electron chi connectivity index (χ1n) is 26.0. The number of nitrogens with zero attached hydrogens (tertiary/aromatic N) is 1. The Morgan fingerprint density at radius 3 is 2.25 bits per heavy atom. The molecule has 6 rings (SSSR count). The molecule has 69 heavy (non-hydrogen) atoms. The van der Waals surface area contributed by atoms with Crippen LogP contribution in [0.4, 0.5) is 0 Å². The van der Waals surface area contributed by atoms with Crippen LogP contribution in [0.25, 0.3) is 0 Å². The molecule has 1 aromatic rings. The summed E-state index contributed by atoms with van der Waals surface area (Å²) in [7, 11) is 0. The van der Waals surface area contributed by atoms with Gasteiger partial charge in [-0.3, -0.25) is 9.69 Å². The zero-order chi connectivity index (χ0) is 49.5. The van der Waals surface area contributed by atoms with Gasteiger partial charge in [-0.05, 0) is 113 Å². The highest BCUT2D eigenvalue weighted by atomic mass is 79.9. The number of carboxylic acids is 1. The van der Waals surface area contributed by atoms with Gasteiger partial charge in [0.2, 0.25) is 5.91 Å². The average molecular weight is 1040 g/mol. The molecule has 5 aliphatic rings. The van der Waals surface area contributed by atoms with Crippen molar-refractivity contribution in [3.05, 3.63) is 33.8 Å². The van der Waals surface area contributed by atoms with Crippen LogP contribution < -0.4 is 21.3 Å². The molecule has 2 aliphatic carbocycles. The zero-order valence-corrected chi connectivity index (χ0v) is 42.7. The van der Waals surface area contributed by atoms with Crippen molar-refractivity contribution in [2.45, 2.75) is 190 Å². The van der Waals surface area contributed by atoms with Gasteiger partial charge < -0.3 is 75.6 Å². The number of benzene rings is 1. The molecule has 0 aromatic heterocycles. The number of carbonyl (C=O) groups is 2. The number of aliphatic hydroxyl groups excluding tert-OH is 5. The van der Waals surface area contributed by atoms with E-state index in [0.717, 1.165) is 128 Å². The van der Waals surface area contributed by atoms with Gasteiger partial charge in [-0.25, -0.2) is 4.79 Å². The molecule has 0 radical (unpaired) electrons. The molecule has 10 N–H and O–H groups in total. The minimum Gasteiger partial charge on any atom is -0.479 e. The first kappa shape index (κ1) is 56.4. The molecule has 1 aromatic carbocycles. The standard InChI is InChI=1S/C50H84BrN5O13/c1-4-35-24-33(12-14-36-15-13-34(25-37(36)51)28-56-22-9-18-53-20-19-52-16-8-17-54-21-23-56)27-38(46(35)69-50-45(62)44(61)42(59)30(2)65-50)67-49-41(55-31(3)58)47(43(60)40(29-57)68-49)66-39(48(63)64)26-32-10-6-5-7-11-32/h13,15,25,30,32-33,35,38-47,49-50,52-54,57,59-62H,4-12,14,16-24,26-29H2,1-3H3,(H,55,58)(H,63,64)/t30?,33?,35?,38?,39-,40?,41?,42?,43?,44?,45?,46?,47?,49?,50?/m0/s1. The highest BCUT2D eigenvalue weighted by Crippen LogP contribution is 2.41. The van der Waals surface area contributed by atoms with Crippen LogP contribution in [0, 0.1) is 17.8 Å². The van der Waals surface area contributed by atoms with Gasteiger partial charge in [-0.1, -0.05) is 73.5 Å². The van der Waals surface area contributed by atoms with E-state index in [1.165, 1.54) is 18.1 Å². The lowest BCUT2D eigenvalue weighted by Gasteiger charge is -2.49. The number of aryl methyl sites for hydroxylation is 1. The SMILES string of the molecule is CCC1CC(CCc2ccc(CN3CCCNCCNCCCNCC3)cc2Br)CC(OC2OC(CO)C(O)C(O[C@@H](CC3CCCCC3)C(=O)O)C2NC(C)=O)C1OC1OC(C)C(O)C(O)C1O. The summed E-state index contributed by atoms with van der Waals surface area (Å²) in [6.07, 6.45) is -4.22. The van der Waals surface area contributed by atoms with Crippen molar-refractivity contribution < 1.29 is 63.9 Å². The van der Waals surface area contributed by atoms with Crippen molar-refractivity contribution in [2.24, 2.45) is 17.8 Å². The molecule has 394 valence electrons. The Morgan fingerprint density at radius 2 is 1.57 bits per heavy atom. The number of hydrogen-bond acceptors (Lipinski definition) is 16. The van der Waals surface area contributed by atoms with Crippen LogP contribution >= 0.6 is 15.9 Å². The third-order valence-corrected chi connectivity index (χ3v) is 15.8. The summed E-state index contributed by atoms with van der Waals surface area (Å²) in [4.78, 5) is 28.1. The number of rotatable bonds is 17. The molecule has 0 bridgehead atoms. The summed E-state index contributed by atoms with van der Waals surface area (Å²) in [6, 6.07) is 5.45. The number of carboxylic acid groups (broad SMARTS) is 1. The van der Waals surface area contributed by atoms with E-state index >= 15 is 0 Å². The fourth-order valence-electron chi connectivity index (χ4n) is 11.0. The predicted octanol–water partition coefficient (Wildman–Crippen LogP) is 2.17. The Balaban J connectivity index is 1.21. The summed E-state index contributed by atoms with van der Waals surface area (Å²) in [5, 5.41) is 78.3. The minimum absolute atomic E-state index is 0.101. The topological polar surface area (TPSA) is 253 Å². The molecular weight excluding hydrogens is 958 g/mol. The van der Waals surface area contributed by atoms with Crippen molar-refractivity contribution in [1.82, 2.24) is 26.2 Å². The highest BCUT2D eigenvalue weighted by molar-refractivity contribution is 9.10. The maximum atomic E-state index is 12.9. The van der Waals surface area contributed by atoms with Gasteiger partial charge in [-0.2, -0.15) is 0 Å². The first-order valence-corrected chi connectivity index (χ1v) is 26.8. The maximum Gasteiger partial charge on any atom is 0.332 e. The third kappa shape index (κ3) is 16.5. The van der Waals surface area contributed by atoms with E-state index in [2.05, 4.69) is 60.3 Å². The van der Waals surface area contributed by atoms with E-state index < -0.39 is 98.1 Å². The van der Waals surface area contributed by atoms with Crippen molar-refractivity contribution in [3.63, 3.8) is 0 Å². The number of ether oxygens (including phenoxy) is 5. The van der Waals surface area contributed by atoms with E-state index in [-0.39, 0.29) is 24.2 Å². The number of halogens is 1. The van der Waals surface area contributed by atoms with Gasteiger partial charge in [0.15, 0.2) is 18.7 Å². The van der Waals surface area contributed by atoms with Crippen molar-refractivity contribution >= 4 is 27.8 Å². The number of aliphatic carboxylic acids is 1. The van der Waals surface area contributed by atoms with Gasteiger partial charge >= 0.3 is 5.97 Å². The number of nitrogens with one attached hydrogen (secondary N) is 4. The Kier molecular flexibility index (Phi) is 23.3. The first-order chi connectivity index (χ1) is 33.3. The van der Waals surface area contributed by atoms with Crippen molar-refractivity contribution in [3.8, 4) is 0 Å². The maximum absolute atomic E-state index is 12.9.